The second-order valence-corrected chi connectivity index (χ2v) is 7.89. The minimum absolute atomic E-state index is 0.196. The predicted molar refractivity (Wildman–Crippen MR) is 109 cm³/mol. The van der Waals surface area contributed by atoms with Gasteiger partial charge in [-0.25, -0.2) is 4.68 Å². The average molecular weight is 374 g/mol. The van der Waals surface area contributed by atoms with Crippen molar-refractivity contribution in [3.63, 3.8) is 0 Å². The van der Waals surface area contributed by atoms with Gasteiger partial charge in [0, 0.05) is 45.0 Å². The lowest BCUT2D eigenvalue weighted by Gasteiger charge is -2.34. The molecule has 28 heavy (non-hydrogen) atoms. The summed E-state index contributed by atoms with van der Waals surface area (Å²) >= 11 is 0. The highest BCUT2D eigenvalue weighted by Crippen LogP contribution is 2.26. The largest absolute Gasteiger partial charge is 0.390 e. The van der Waals surface area contributed by atoms with Crippen molar-refractivity contribution < 1.29 is 5.11 Å². The summed E-state index contributed by atoms with van der Waals surface area (Å²) in [5.41, 5.74) is 5.09. The van der Waals surface area contributed by atoms with Crippen LogP contribution in [0.3, 0.4) is 0 Å². The molecular formula is C23H26N4O. The van der Waals surface area contributed by atoms with Crippen molar-refractivity contribution in [2.45, 2.75) is 31.7 Å². The molecule has 2 atom stereocenters. The summed E-state index contributed by atoms with van der Waals surface area (Å²) in [5.74, 6) is 0. The number of β-amino-alcohol motifs (C(OH)–C–C–N with tert-alkyl or cyclic N) is 1. The molecule has 2 aliphatic rings. The van der Waals surface area contributed by atoms with E-state index in [1.165, 1.54) is 11.1 Å². The van der Waals surface area contributed by atoms with Gasteiger partial charge in [-0.2, -0.15) is 5.10 Å². The van der Waals surface area contributed by atoms with Gasteiger partial charge in [0.2, 0.25) is 0 Å². The first-order valence-corrected chi connectivity index (χ1v) is 10.1. The number of para-hydroxylation sites is 1. The van der Waals surface area contributed by atoms with Crippen LogP contribution in [0.25, 0.3) is 5.69 Å². The number of aromatic nitrogens is 2. The van der Waals surface area contributed by atoms with Gasteiger partial charge in [-0.3, -0.25) is 9.80 Å². The van der Waals surface area contributed by atoms with Crippen LogP contribution >= 0.6 is 0 Å². The molecular weight excluding hydrogens is 348 g/mol. The molecule has 0 unspecified atom stereocenters. The Morgan fingerprint density at radius 3 is 2.57 bits per heavy atom. The molecule has 3 heterocycles. The topological polar surface area (TPSA) is 44.5 Å². The standard InChI is InChI=1S/C23H26N4O/c28-23-17-25(15-21-10-12-24-27(21)20-8-2-1-3-9-20)16-22(23)26-13-11-18-6-4-5-7-19(18)14-26/h1-10,12,22-23,28H,11,13-17H2/t22-,23-/m1/s1. The molecule has 144 valence electrons. The van der Waals surface area contributed by atoms with Gasteiger partial charge >= 0.3 is 0 Å². The Balaban J connectivity index is 1.28. The number of rotatable bonds is 4. The molecule has 2 aromatic carbocycles. The summed E-state index contributed by atoms with van der Waals surface area (Å²) < 4.78 is 2.00. The summed E-state index contributed by atoms with van der Waals surface area (Å²) in [5, 5.41) is 15.3. The van der Waals surface area contributed by atoms with E-state index in [0.717, 1.165) is 44.0 Å². The lowest BCUT2D eigenvalue weighted by molar-refractivity contribution is 0.0746. The normalized spacial score (nSPS) is 23.0. The number of aliphatic hydroxyl groups excluding tert-OH is 1. The van der Waals surface area contributed by atoms with Crippen LogP contribution in [0.2, 0.25) is 0 Å². The lowest BCUT2D eigenvalue weighted by atomic mass is 9.98. The Morgan fingerprint density at radius 1 is 0.929 bits per heavy atom. The minimum atomic E-state index is -0.307. The first kappa shape index (κ1) is 17.6. The van der Waals surface area contributed by atoms with Crippen molar-refractivity contribution in [2.75, 3.05) is 19.6 Å². The van der Waals surface area contributed by atoms with E-state index in [-0.39, 0.29) is 12.1 Å². The second-order valence-electron chi connectivity index (χ2n) is 7.89. The van der Waals surface area contributed by atoms with Gasteiger partial charge in [-0.15, -0.1) is 0 Å². The van der Waals surface area contributed by atoms with Crippen molar-refractivity contribution in [1.82, 2.24) is 19.6 Å². The van der Waals surface area contributed by atoms with Gasteiger partial charge in [0.15, 0.2) is 0 Å². The third-order valence-corrected chi connectivity index (χ3v) is 6.07. The highest BCUT2D eigenvalue weighted by Gasteiger charge is 2.36. The maximum atomic E-state index is 10.8. The molecule has 1 N–H and O–H groups in total. The van der Waals surface area contributed by atoms with E-state index < -0.39 is 0 Å². The summed E-state index contributed by atoms with van der Waals surface area (Å²) in [4.78, 5) is 4.81. The molecule has 0 aliphatic carbocycles. The second kappa shape index (κ2) is 7.51. The highest BCUT2D eigenvalue weighted by atomic mass is 16.3. The molecule has 0 bridgehead atoms. The van der Waals surface area contributed by atoms with Crippen molar-refractivity contribution in [1.29, 1.82) is 0 Å². The number of hydrogen-bond donors (Lipinski definition) is 1. The zero-order chi connectivity index (χ0) is 18.9. The molecule has 0 radical (unpaired) electrons. The Kier molecular flexibility index (Phi) is 4.72. The van der Waals surface area contributed by atoms with Crippen molar-refractivity contribution in [3.8, 4) is 5.69 Å². The number of aliphatic hydroxyl groups is 1. The quantitative estimate of drug-likeness (QED) is 0.762. The number of benzene rings is 2. The Morgan fingerprint density at radius 2 is 1.71 bits per heavy atom. The van der Waals surface area contributed by atoms with Gasteiger partial charge in [0.05, 0.1) is 17.5 Å². The predicted octanol–water partition coefficient (Wildman–Crippen LogP) is 2.48. The SMILES string of the molecule is O[C@@H]1CN(Cc2ccnn2-c2ccccc2)C[C@H]1N1CCc2ccccc2C1. The van der Waals surface area contributed by atoms with Crippen LogP contribution in [0.1, 0.15) is 16.8 Å². The van der Waals surface area contributed by atoms with E-state index in [1.807, 2.05) is 29.1 Å². The van der Waals surface area contributed by atoms with E-state index in [4.69, 9.17) is 0 Å². The maximum Gasteiger partial charge on any atom is 0.0834 e. The summed E-state index contributed by atoms with van der Waals surface area (Å²) in [6.07, 6.45) is 2.62. The number of fused-ring (bicyclic) bond motifs is 1. The average Bonchev–Trinajstić information content (AvgIpc) is 3.35. The van der Waals surface area contributed by atoms with Crippen LogP contribution in [0.5, 0.6) is 0 Å². The highest BCUT2D eigenvalue weighted by molar-refractivity contribution is 5.32. The molecule has 1 saturated heterocycles. The van der Waals surface area contributed by atoms with Crippen LogP contribution < -0.4 is 0 Å². The Labute approximate surface area is 165 Å². The van der Waals surface area contributed by atoms with Gasteiger partial charge in [-0.1, -0.05) is 42.5 Å². The maximum absolute atomic E-state index is 10.8. The fourth-order valence-corrected chi connectivity index (χ4v) is 4.62. The van der Waals surface area contributed by atoms with Gasteiger partial charge in [0.1, 0.15) is 0 Å². The molecule has 0 amide bonds. The van der Waals surface area contributed by atoms with E-state index in [2.05, 4.69) is 57.4 Å². The van der Waals surface area contributed by atoms with E-state index in [1.54, 1.807) is 0 Å². The number of likely N-dealkylation sites (tertiary alicyclic amines) is 1. The lowest BCUT2D eigenvalue weighted by Crippen LogP contribution is -2.45. The third-order valence-electron chi connectivity index (χ3n) is 6.07. The molecule has 2 aliphatic heterocycles. The molecule has 5 nitrogen and oxygen atoms in total. The Bertz CT molecular complexity index is 939. The van der Waals surface area contributed by atoms with Crippen LogP contribution in [-0.2, 0) is 19.5 Å². The zero-order valence-electron chi connectivity index (χ0n) is 16.0. The first-order valence-electron chi connectivity index (χ1n) is 10.1. The van der Waals surface area contributed by atoms with Crippen LogP contribution in [0.15, 0.2) is 66.9 Å². The van der Waals surface area contributed by atoms with Crippen molar-refractivity contribution in [3.05, 3.63) is 83.7 Å². The van der Waals surface area contributed by atoms with Crippen molar-refractivity contribution in [2.24, 2.45) is 0 Å². The van der Waals surface area contributed by atoms with Crippen LogP contribution in [-0.4, -0.2) is 56.5 Å². The fourth-order valence-electron chi connectivity index (χ4n) is 4.62. The third kappa shape index (κ3) is 3.37. The Hall–Kier alpha value is -2.47. The summed E-state index contributed by atoms with van der Waals surface area (Å²) in [6.45, 7) is 4.36. The minimum Gasteiger partial charge on any atom is -0.390 e. The monoisotopic (exact) mass is 374 g/mol. The zero-order valence-corrected chi connectivity index (χ0v) is 16.0. The molecule has 1 fully saturated rings. The first-order chi connectivity index (χ1) is 13.8. The molecule has 0 saturated carbocycles. The summed E-state index contributed by atoms with van der Waals surface area (Å²) in [6, 6.07) is 21.2. The fraction of sp³-hybridized carbons (Fsp3) is 0.348. The van der Waals surface area contributed by atoms with Crippen LogP contribution in [0, 0.1) is 0 Å². The van der Waals surface area contributed by atoms with Gasteiger partial charge in [-0.05, 0) is 35.7 Å². The number of hydrogen-bond acceptors (Lipinski definition) is 4. The van der Waals surface area contributed by atoms with Crippen LogP contribution in [0.4, 0.5) is 0 Å². The van der Waals surface area contributed by atoms with Gasteiger partial charge in [0.25, 0.3) is 0 Å². The van der Waals surface area contributed by atoms with Crippen molar-refractivity contribution >= 4 is 0 Å². The number of nitrogens with zero attached hydrogens (tertiary/aromatic N) is 4. The molecule has 1 aromatic heterocycles. The van der Waals surface area contributed by atoms with E-state index in [0.29, 0.717) is 6.54 Å². The summed E-state index contributed by atoms with van der Waals surface area (Å²) in [7, 11) is 0. The van der Waals surface area contributed by atoms with Gasteiger partial charge < -0.3 is 5.11 Å². The smallest absolute Gasteiger partial charge is 0.0834 e. The molecule has 5 heteroatoms. The van der Waals surface area contributed by atoms with E-state index in [9.17, 15) is 5.11 Å². The molecule has 5 rings (SSSR count). The molecule has 3 aromatic rings. The van der Waals surface area contributed by atoms with E-state index >= 15 is 0 Å². The molecule has 0 spiro atoms.